The van der Waals surface area contributed by atoms with E-state index in [4.69, 9.17) is 11.6 Å². The zero-order valence-corrected chi connectivity index (χ0v) is 12.0. The van der Waals surface area contributed by atoms with Gasteiger partial charge >= 0.3 is 0 Å². The fourth-order valence-corrected chi connectivity index (χ4v) is 3.48. The quantitative estimate of drug-likeness (QED) is 0.731. The summed E-state index contributed by atoms with van der Waals surface area (Å²) in [5.74, 6) is 0.808. The summed E-state index contributed by atoms with van der Waals surface area (Å²) in [6.45, 7) is 2.82. The van der Waals surface area contributed by atoms with Crippen molar-refractivity contribution in [2.75, 3.05) is 5.32 Å². The third kappa shape index (κ3) is 2.34. The average molecular weight is 296 g/mol. The lowest BCUT2D eigenvalue weighted by atomic mass is 10.3. The first kappa shape index (κ1) is 11.9. The molecule has 0 aromatic carbocycles. The van der Waals surface area contributed by atoms with E-state index in [0.717, 1.165) is 22.6 Å². The first-order valence-corrected chi connectivity index (χ1v) is 7.50. The minimum atomic E-state index is 0.290. The maximum atomic E-state index is 5.94. The molecule has 0 aliphatic rings. The molecule has 0 unspecified atom stereocenters. The number of aromatic nitrogens is 2. The lowest BCUT2D eigenvalue weighted by Crippen LogP contribution is -2.01. The van der Waals surface area contributed by atoms with Crippen molar-refractivity contribution in [3.8, 4) is 0 Å². The highest BCUT2D eigenvalue weighted by Crippen LogP contribution is 2.29. The Morgan fingerprint density at radius 1 is 1.39 bits per heavy atom. The molecule has 1 N–H and O–H groups in total. The molecular formula is C12H10ClN3S2. The summed E-state index contributed by atoms with van der Waals surface area (Å²) in [6.07, 6.45) is 0. The number of nitrogens with one attached hydrogen (secondary N) is 1. The van der Waals surface area contributed by atoms with E-state index in [9.17, 15) is 0 Å². The van der Waals surface area contributed by atoms with Gasteiger partial charge in [-0.3, -0.25) is 0 Å². The van der Waals surface area contributed by atoms with E-state index in [0.29, 0.717) is 0 Å². The Balaban J connectivity index is 1.95. The summed E-state index contributed by atoms with van der Waals surface area (Å²) in [4.78, 5) is 11.9. The average Bonchev–Trinajstić information content (AvgIpc) is 2.93. The second-order valence-electron chi connectivity index (χ2n) is 3.85. The Morgan fingerprint density at radius 2 is 2.28 bits per heavy atom. The van der Waals surface area contributed by atoms with Crippen LogP contribution in [0.5, 0.6) is 0 Å². The predicted octanol–water partition coefficient (Wildman–Crippen LogP) is 4.33. The molecule has 18 heavy (non-hydrogen) atoms. The van der Waals surface area contributed by atoms with Crippen LogP contribution >= 0.6 is 34.3 Å². The van der Waals surface area contributed by atoms with Crippen molar-refractivity contribution in [1.29, 1.82) is 0 Å². The molecule has 0 aliphatic carbocycles. The predicted molar refractivity (Wildman–Crippen MR) is 78.8 cm³/mol. The minimum Gasteiger partial charge on any atom is -0.364 e. The fourth-order valence-electron chi connectivity index (χ4n) is 1.73. The molecule has 0 fully saturated rings. The maximum Gasteiger partial charge on any atom is 0.225 e. The SMILES string of the molecule is Cc1cc2c(NCc3cccs3)nc(Cl)nc2s1. The van der Waals surface area contributed by atoms with Gasteiger partial charge in [-0.15, -0.1) is 22.7 Å². The number of thiophene rings is 2. The summed E-state index contributed by atoms with van der Waals surface area (Å²) in [5, 5.41) is 6.72. The molecule has 0 atom stereocenters. The number of halogens is 1. The first-order valence-electron chi connectivity index (χ1n) is 5.42. The fraction of sp³-hybridized carbons (Fsp3) is 0.167. The highest BCUT2D eigenvalue weighted by Gasteiger charge is 2.09. The molecular weight excluding hydrogens is 286 g/mol. The molecule has 3 aromatic heterocycles. The molecule has 3 aromatic rings. The molecule has 0 radical (unpaired) electrons. The van der Waals surface area contributed by atoms with Crippen LogP contribution in [0.25, 0.3) is 10.2 Å². The second kappa shape index (κ2) is 4.84. The Labute approximate surface area is 117 Å². The molecule has 0 amide bonds. The minimum absolute atomic E-state index is 0.290. The summed E-state index contributed by atoms with van der Waals surface area (Å²) < 4.78 is 0. The number of nitrogens with zero attached hydrogens (tertiary/aromatic N) is 2. The van der Waals surface area contributed by atoms with Crippen LogP contribution in [0.15, 0.2) is 23.6 Å². The molecule has 6 heteroatoms. The molecule has 3 rings (SSSR count). The van der Waals surface area contributed by atoms with E-state index in [1.54, 1.807) is 22.7 Å². The Morgan fingerprint density at radius 3 is 3.06 bits per heavy atom. The van der Waals surface area contributed by atoms with Gasteiger partial charge < -0.3 is 5.32 Å². The van der Waals surface area contributed by atoms with Crippen molar-refractivity contribution >= 4 is 50.3 Å². The van der Waals surface area contributed by atoms with Gasteiger partial charge in [-0.25, -0.2) is 9.97 Å². The number of aryl methyl sites for hydroxylation is 1. The van der Waals surface area contributed by atoms with Crippen molar-refractivity contribution in [2.45, 2.75) is 13.5 Å². The molecule has 0 bridgehead atoms. The Kier molecular flexibility index (Phi) is 3.20. The number of fused-ring (bicyclic) bond motifs is 1. The van der Waals surface area contributed by atoms with Crippen molar-refractivity contribution in [3.05, 3.63) is 38.6 Å². The van der Waals surface area contributed by atoms with Crippen LogP contribution in [0.3, 0.4) is 0 Å². The Bertz CT molecular complexity index is 676. The largest absolute Gasteiger partial charge is 0.364 e. The van der Waals surface area contributed by atoms with Gasteiger partial charge in [-0.05, 0) is 36.0 Å². The van der Waals surface area contributed by atoms with Crippen LogP contribution in [0.4, 0.5) is 5.82 Å². The van der Waals surface area contributed by atoms with Crippen LogP contribution in [-0.4, -0.2) is 9.97 Å². The van der Waals surface area contributed by atoms with Gasteiger partial charge in [-0.2, -0.15) is 0 Å². The lowest BCUT2D eigenvalue weighted by molar-refractivity contribution is 1.13. The van der Waals surface area contributed by atoms with E-state index in [1.807, 2.05) is 6.07 Å². The third-order valence-electron chi connectivity index (χ3n) is 2.50. The van der Waals surface area contributed by atoms with E-state index in [1.165, 1.54) is 9.75 Å². The van der Waals surface area contributed by atoms with Crippen LogP contribution in [-0.2, 0) is 6.54 Å². The van der Waals surface area contributed by atoms with Crippen LogP contribution in [0.1, 0.15) is 9.75 Å². The number of rotatable bonds is 3. The summed E-state index contributed by atoms with van der Waals surface area (Å²) in [6, 6.07) is 6.22. The molecule has 0 saturated heterocycles. The van der Waals surface area contributed by atoms with E-state index < -0.39 is 0 Å². The zero-order valence-electron chi connectivity index (χ0n) is 9.61. The van der Waals surface area contributed by atoms with Crippen molar-refractivity contribution in [3.63, 3.8) is 0 Å². The van der Waals surface area contributed by atoms with Crippen LogP contribution in [0, 0.1) is 6.92 Å². The van der Waals surface area contributed by atoms with Gasteiger partial charge in [0.15, 0.2) is 0 Å². The summed E-state index contributed by atoms with van der Waals surface area (Å²) in [7, 11) is 0. The molecule has 3 heterocycles. The van der Waals surface area contributed by atoms with Gasteiger partial charge in [-0.1, -0.05) is 6.07 Å². The lowest BCUT2D eigenvalue weighted by Gasteiger charge is -2.05. The van der Waals surface area contributed by atoms with Gasteiger partial charge in [0.2, 0.25) is 5.28 Å². The number of hydrogen-bond donors (Lipinski definition) is 1. The highest BCUT2D eigenvalue weighted by atomic mass is 35.5. The molecule has 3 nitrogen and oxygen atoms in total. The highest BCUT2D eigenvalue weighted by molar-refractivity contribution is 7.18. The third-order valence-corrected chi connectivity index (χ3v) is 4.49. The summed E-state index contributed by atoms with van der Waals surface area (Å²) >= 11 is 9.29. The number of hydrogen-bond acceptors (Lipinski definition) is 5. The zero-order chi connectivity index (χ0) is 12.5. The van der Waals surface area contributed by atoms with E-state index in [-0.39, 0.29) is 5.28 Å². The Hall–Kier alpha value is -1.17. The van der Waals surface area contributed by atoms with Gasteiger partial charge in [0, 0.05) is 9.75 Å². The molecule has 0 saturated carbocycles. The standard InChI is InChI=1S/C12H10ClN3S2/c1-7-5-9-10(14-6-8-3-2-4-17-8)15-12(13)16-11(9)18-7/h2-5H,6H2,1H3,(H,14,15,16). The summed E-state index contributed by atoms with van der Waals surface area (Å²) in [5.41, 5.74) is 0. The molecule has 0 spiro atoms. The van der Waals surface area contributed by atoms with E-state index >= 15 is 0 Å². The smallest absolute Gasteiger partial charge is 0.225 e. The molecule has 0 aliphatic heterocycles. The van der Waals surface area contributed by atoms with Crippen LogP contribution in [0.2, 0.25) is 5.28 Å². The topological polar surface area (TPSA) is 37.8 Å². The van der Waals surface area contributed by atoms with Gasteiger partial charge in [0.05, 0.1) is 11.9 Å². The first-order chi connectivity index (χ1) is 8.72. The van der Waals surface area contributed by atoms with Crippen molar-refractivity contribution in [2.24, 2.45) is 0 Å². The second-order valence-corrected chi connectivity index (χ2v) is 6.46. The van der Waals surface area contributed by atoms with Gasteiger partial charge in [0.25, 0.3) is 0 Å². The van der Waals surface area contributed by atoms with Crippen molar-refractivity contribution < 1.29 is 0 Å². The molecule has 92 valence electrons. The van der Waals surface area contributed by atoms with Crippen LogP contribution < -0.4 is 5.32 Å². The normalized spacial score (nSPS) is 11.0. The van der Waals surface area contributed by atoms with E-state index in [2.05, 4.69) is 39.7 Å². The monoisotopic (exact) mass is 295 g/mol. The van der Waals surface area contributed by atoms with Gasteiger partial charge in [0.1, 0.15) is 10.6 Å². The number of anilines is 1. The maximum absolute atomic E-state index is 5.94. The van der Waals surface area contributed by atoms with Crippen molar-refractivity contribution in [1.82, 2.24) is 9.97 Å².